The lowest BCUT2D eigenvalue weighted by atomic mass is 10.1. The van der Waals surface area contributed by atoms with Crippen molar-refractivity contribution in [2.75, 3.05) is 13.1 Å². The number of carbonyl (C=O) groups excluding carboxylic acids is 2. The molecule has 0 saturated carbocycles. The van der Waals surface area contributed by atoms with E-state index in [2.05, 4.69) is 15.0 Å². The van der Waals surface area contributed by atoms with Crippen LogP contribution in [0, 0.1) is 5.92 Å². The van der Waals surface area contributed by atoms with E-state index in [0.29, 0.717) is 13.0 Å². The highest BCUT2D eigenvalue weighted by atomic mass is 16.2. The van der Waals surface area contributed by atoms with Gasteiger partial charge in [-0.15, -0.1) is 0 Å². The van der Waals surface area contributed by atoms with Crippen LogP contribution in [-0.2, 0) is 4.79 Å². The first-order valence-electron chi connectivity index (χ1n) is 6.66. The van der Waals surface area contributed by atoms with Crippen molar-refractivity contribution >= 4 is 22.8 Å². The monoisotopic (exact) mass is 303 g/mol. The Bertz CT molecular complexity index is 884. The van der Waals surface area contributed by atoms with Gasteiger partial charge >= 0.3 is 5.69 Å². The van der Waals surface area contributed by atoms with Crippen molar-refractivity contribution < 1.29 is 9.59 Å². The summed E-state index contributed by atoms with van der Waals surface area (Å²) in [5.74, 6) is -1.11. The van der Waals surface area contributed by atoms with Crippen molar-refractivity contribution in [1.29, 1.82) is 0 Å². The SMILES string of the molecule is NC(=O)[C@@H]1CCN(C(=O)c2cnc3[nH]c(=O)[nH]c(=O)c3c2)C1. The summed E-state index contributed by atoms with van der Waals surface area (Å²) in [5.41, 5.74) is 4.30. The molecule has 1 atom stereocenters. The van der Waals surface area contributed by atoms with Crippen LogP contribution in [0.25, 0.3) is 11.0 Å². The first-order chi connectivity index (χ1) is 10.5. The number of aromatic nitrogens is 3. The lowest BCUT2D eigenvalue weighted by Gasteiger charge is -2.15. The standard InChI is InChI=1S/C13H13N5O4/c14-9(19)6-1-2-18(5-6)12(21)7-3-8-10(15-4-7)16-13(22)17-11(8)20/h3-4,6H,1-2,5H2,(H2,14,19)(H2,15,16,17,20,22)/t6-/m1/s1. The summed E-state index contributed by atoms with van der Waals surface area (Å²) in [6.07, 6.45) is 1.81. The quantitative estimate of drug-likeness (QED) is 0.622. The van der Waals surface area contributed by atoms with Gasteiger partial charge in [0.05, 0.1) is 16.9 Å². The molecule has 3 rings (SSSR count). The molecule has 114 valence electrons. The predicted octanol–water partition coefficient (Wildman–Crippen LogP) is -1.44. The molecular weight excluding hydrogens is 290 g/mol. The lowest BCUT2D eigenvalue weighted by molar-refractivity contribution is -0.121. The number of pyridine rings is 1. The van der Waals surface area contributed by atoms with Gasteiger partial charge in [0.25, 0.3) is 11.5 Å². The molecule has 0 unspecified atom stereocenters. The molecule has 3 heterocycles. The average Bonchev–Trinajstić information content (AvgIpc) is 2.96. The van der Waals surface area contributed by atoms with Gasteiger partial charge in [-0.2, -0.15) is 0 Å². The van der Waals surface area contributed by atoms with E-state index in [-0.39, 0.29) is 35.0 Å². The van der Waals surface area contributed by atoms with E-state index in [1.54, 1.807) is 0 Å². The predicted molar refractivity (Wildman–Crippen MR) is 76.2 cm³/mol. The first-order valence-corrected chi connectivity index (χ1v) is 6.66. The van der Waals surface area contributed by atoms with Gasteiger partial charge in [-0.1, -0.05) is 0 Å². The molecule has 1 aliphatic heterocycles. The van der Waals surface area contributed by atoms with E-state index >= 15 is 0 Å². The number of likely N-dealkylation sites (tertiary alicyclic amines) is 1. The molecule has 2 aromatic rings. The molecule has 9 nitrogen and oxygen atoms in total. The Morgan fingerprint density at radius 1 is 1.32 bits per heavy atom. The van der Waals surface area contributed by atoms with E-state index in [1.807, 2.05) is 0 Å². The molecule has 2 amide bonds. The third kappa shape index (κ3) is 2.36. The summed E-state index contributed by atoms with van der Waals surface area (Å²) in [5, 5.41) is 0.121. The van der Waals surface area contributed by atoms with Crippen LogP contribution in [0.1, 0.15) is 16.8 Å². The summed E-state index contributed by atoms with van der Waals surface area (Å²) in [4.78, 5) is 56.3. The van der Waals surface area contributed by atoms with Crippen LogP contribution in [0.3, 0.4) is 0 Å². The third-order valence-electron chi connectivity index (χ3n) is 3.72. The number of carbonyl (C=O) groups is 2. The second kappa shape index (κ2) is 5.10. The van der Waals surface area contributed by atoms with Crippen molar-refractivity contribution in [1.82, 2.24) is 19.9 Å². The Balaban J connectivity index is 1.94. The third-order valence-corrected chi connectivity index (χ3v) is 3.72. The van der Waals surface area contributed by atoms with Gasteiger partial charge in [-0.25, -0.2) is 9.78 Å². The minimum atomic E-state index is -0.659. The van der Waals surface area contributed by atoms with Gasteiger partial charge in [0.1, 0.15) is 5.65 Å². The second-order valence-electron chi connectivity index (χ2n) is 5.17. The molecule has 4 N–H and O–H groups in total. The molecule has 1 fully saturated rings. The number of aromatic amines is 2. The lowest BCUT2D eigenvalue weighted by Crippen LogP contribution is -2.32. The topological polar surface area (TPSA) is 142 Å². The Labute approximate surface area is 123 Å². The Kier molecular flexibility index (Phi) is 3.24. The summed E-state index contributed by atoms with van der Waals surface area (Å²) in [7, 11) is 0. The fraction of sp³-hybridized carbons (Fsp3) is 0.308. The number of rotatable bonds is 2. The van der Waals surface area contributed by atoms with Gasteiger partial charge in [0.2, 0.25) is 5.91 Å². The molecule has 2 aromatic heterocycles. The minimum Gasteiger partial charge on any atom is -0.369 e. The molecule has 1 saturated heterocycles. The van der Waals surface area contributed by atoms with E-state index < -0.39 is 17.2 Å². The van der Waals surface area contributed by atoms with Crippen LogP contribution < -0.4 is 17.0 Å². The molecule has 0 radical (unpaired) electrons. The van der Waals surface area contributed by atoms with Gasteiger partial charge in [-0.05, 0) is 12.5 Å². The van der Waals surface area contributed by atoms with E-state index in [9.17, 15) is 19.2 Å². The number of nitrogens with one attached hydrogen (secondary N) is 2. The van der Waals surface area contributed by atoms with Gasteiger partial charge in [-0.3, -0.25) is 24.4 Å². The average molecular weight is 303 g/mol. The van der Waals surface area contributed by atoms with Crippen molar-refractivity contribution in [2.45, 2.75) is 6.42 Å². The normalized spacial score (nSPS) is 17.8. The highest BCUT2D eigenvalue weighted by Gasteiger charge is 2.30. The largest absolute Gasteiger partial charge is 0.369 e. The maximum atomic E-state index is 12.4. The second-order valence-corrected chi connectivity index (χ2v) is 5.17. The maximum absolute atomic E-state index is 12.4. The van der Waals surface area contributed by atoms with Crippen LogP contribution in [0.4, 0.5) is 0 Å². The number of H-pyrrole nitrogens is 2. The summed E-state index contributed by atoms with van der Waals surface area (Å²) in [6.45, 7) is 0.681. The summed E-state index contributed by atoms with van der Waals surface area (Å²) in [6, 6.07) is 1.37. The van der Waals surface area contributed by atoms with Crippen molar-refractivity contribution in [3.05, 3.63) is 38.7 Å². The highest BCUT2D eigenvalue weighted by molar-refractivity contribution is 5.97. The van der Waals surface area contributed by atoms with Crippen molar-refractivity contribution in [3.63, 3.8) is 0 Å². The molecule has 9 heteroatoms. The first kappa shape index (κ1) is 14.0. The molecular formula is C13H13N5O4. The Morgan fingerprint density at radius 3 is 2.77 bits per heavy atom. The van der Waals surface area contributed by atoms with E-state index in [1.165, 1.54) is 17.2 Å². The molecule has 0 spiro atoms. The van der Waals surface area contributed by atoms with Gasteiger partial charge in [0, 0.05) is 19.3 Å². The van der Waals surface area contributed by atoms with E-state index in [4.69, 9.17) is 5.73 Å². The van der Waals surface area contributed by atoms with Gasteiger partial charge in [0.15, 0.2) is 0 Å². The maximum Gasteiger partial charge on any atom is 0.327 e. The molecule has 1 aliphatic rings. The summed E-state index contributed by atoms with van der Waals surface area (Å²) < 4.78 is 0. The van der Waals surface area contributed by atoms with Crippen molar-refractivity contribution in [3.8, 4) is 0 Å². The molecule has 0 aliphatic carbocycles. The number of nitrogens with two attached hydrogens (primary N) is 1. The number of primary amides is 1. The number of fused-ring (bicyclic) bond motifs is 1. The fourth-order valence-electron chi connectivity index (χ4n) is 2.52. The fourth-order valence-corrected chi connectivity index (χ4v) is 2.52. The Morgan fingerprint density at radius 2 is 2.09 bits per heavy atom. The van der Waals surface area contributed by atoms with Crippen LogP contribution >= 0.6 is 0 Å². The van der Waals surface area contributed by atoms with Gasteiger partial charge < -0.3 is 10.6 Å². The van der Waals surface area contributed by atoms with Crippen LogP contribution in [0.2, 0.25) is 0 Å². The van der Waals surface area contributed by atoms with Crippen LogP contribution in [-0.4, -0.2) is 44.8 Å². The molecule has 22 heavy (non-hydrogen) atoms. The van der Waals surface area contributed by atoms with Crippen molar-refractivity contribution in [2.24, 2.45) is 11.7 Å². The number of nitrogens with zero attached hydrogens (tertiary/aromatic N) is 2. The zero-order valence-corrected chi connectivity index (χ0v) is 11.5. The number of amides is 2. The zero-order chi connectivity index (χ0) is 15.9. The minimum absolute atomic E-state index is 0.113. The smallest absolute Gasteiger partial charge is 0.327 e. The highest BCUT2D eigenvalue weighted by Crippen LogP contribution is 2.18. The summed E-state index contributed by atoms with van der Waals surface area (Å²) >= 11 is 0. The van der Waals surface area contributed by atoms with E-state index in [0.717, 1.165) is 0 Å². The molecule has 0 aromatic carbocycles. The zero-order valence-electron chi connectivity index (χ0n) is 11.5. The van der Waals surface area contributed by atoms with Crippen LogP contribution in [0.5, 0.6) is 0 Å². The molecule has 0 bridgehead atoms. The van der Waals surface area contributed by atoms with Crippen LogP contribution in [0.15, 0.2) is 21.9 Å². The number of hydrogen-bond acceptors (Lipinski definition) is 5. The Hall–Kier alpha value is -2.97. The number of hydrogen-bond donors (Lipinski definition) is 3.